The van der Waals surface area contributed by atoms with Gasteiger partial charge >= 0.3 is 0 Å². The van der Waals surface area contributed by atoms with Gasteiger partial charge in [0.05, 0.1) is 19.6 Å². The first kappa shape index (κ1) is 23.0. The summed E-state index contributed by atoms with van der Waals surface area (Å²) < 4.78 is 10.8. The second kappa shape index (κ2) is 11.1. The standard InChI is InChI=1S/C26H32N4O3/c1-19-8-3-4-13-23(19)25-28-24(33-29-25)18-30-15-7-11-21(17-30)26(31)27-14-6-10-20-9-5-12-22(16-20)32-2/h3-5,8-9,12-13,16,21H,6-7,10-11,14-15,17-18H2,1-2H3,(H,27,31). The molecule has 0 saturated carbocycles. The van der Waals surface area contributed by atoms with Crippen LogP contribution in [-0.2, 0) is 17.8 Å². The molecule has 0 aliphatic carbocycles. The Labute approximate surface area is 195 Å². The summed E-state index contributed by atoms with van der Waals surface area (Å²) in [5, 5.41) is 7.27. The molecule has 1 aromatic heterocycles. The second-order valence-electron chi connectivity index (χ2n) is 8.65. The van der Waals surface area contributed by atoms with Crippen LogP contribution in [0.3, 0.4) is 0 Å². The number of nitrogens with one attached hydrogen (secondary N) is 1. The highest BCUT2D eigenvalue weighted by Crippen LogP contribution is 2.22. The predicted octanol–water partition coefficient (Wildman–Crippen LogP) is 4.01. The van der Waals surface area contributed by atoms with Crippen LogP contribution in [0.5, 0.6) is 5.75 Å². The van der Waals surface area contributed by atoms with E-state index < -0.39 is 0 Å². The lowest BCUT2D eigenvalue weighted by Gasteiger charge is -2.30. The Hall–Kier alpha value is -3.19. The molecule has 1 N–H and O–H groups in total. The maximum Gasteiger partial charge on any atom is 0.241 e. The molecule has 1 aliphatic rings. The molecule has 7 nitrogen and oxygen atoms in total. The Kier molecular flexibility index (Phi) is 7.73. The topological polar surface area (TPSA) is 80.5 Å². The molecule has 4 rings (SSSR count). The molecule has 174 valence electrons. The number of hydrogen-bond donors (Lipinski definition) is 1. The van der Waals surface area contributed by atoms with Crippen molar-refractivity contribution in [1.82, 2.24) is 20.4 Å². The van der Waals surface area contributed by atoms with E-state index in [1.54, 1.807) is 7.11 Å². The monoisotopic (exact) mass is 448 g/mol. The van der Waals surface area contributed by atoms with Crippen molar-refractivity contribution in [3.63, 3.8) is 0 Å². The van der Waals surface area contributed by atoms with Gasteiger partial charge < -0.3 is 14.6 Å². The van der Waals surface area contributed by atoms with Gasteiger partial charge in [0.2, 0.25) is 17.6 Å². The average Bonchev–Trinajstić information content (AvgIpc) is 3.30. The Morgan fingerprint density at radius 3 is 2.97 bits per heavy atom. The van der Waals surface area contributed by atoms with Crippen LogP contribution < -0.4 is 10.1 Å². The van der Waals surface area contributed by atoms with Crippen LogP contribution in [0.15, 0.2) is 53.1 Å². The lowest BCUT2D eigenvalue weighted by atomic mass is 9.97. The molecule has 0 bridgehead atoms. The third-order valence-corrected chi connectivity index (χ3v) is 6.16. The number of methoxy groups -OCH3 is 1. The molecule has 7 heteroatoms. The van der Waals surface area contributed by atoms with Crippen LogP contribution >= 0.6 is 0 Å². The van der Waals surface area contributed by atoms with Crippen LogP contribution in [0.2, 0.25) is 0 Å². The van der Waals surface area contributed by atoms with Crippen molar-refractivity contribution in [2.75, 3.05) is 26.7 Å². The molecule has 33 heavy (non-hydrogen) atoms. The van der Waals surface area contributed by atoms with Crippen LogP contribution in [0.25, 0.3) is 11.4 Å². The fraction of sp³-hybridized carbons (Fsp3) is 0.423. The number of amides is 1. The minimum absolute atomic E-state index is 0.00525. The number of rotatable bonds is 9. The summed E-state index contributed by atoms with van der Waals surface area (Å²) in [4.78, 5) is 19.5. The van der Waals surface area contributed by atoms with Gasteiger partial charge in [0, 0.05) is 18.7 Å². The number of carbonyl (C=O) groups excluding carboxylic acids is 1. The first-order chi connectivity index (χ1) is 16.1. The smallest absolute Gasteiger partial charge is 0.241 e. The minimum Gasteiger partial charge on any atom is -0.497 e. The number of likely N-dealkylation sites (tertiary alicyclic amines) is 1. The van der Waals surface area contributed by atoms with E-state index in [2.05, 4.69) is 26.4 Å². The maximum absolute atomic E-state index is 12.7. The van der Waals surface area contributed by atoms with Crippen molar-refractivity contribution in [1.29, 1.82) is 0 Å². The fourth-order valence-electron chi connectivity index (χ4n) is 4.33. The van der Waals surface area contributed by atoms with E-state index in [1.807, 2.05) is 49.4 Å². The summed E-state index contributed by atoms with van der Waals surface area (Å²) in [6, 6.07) is 16.1. The van der Waals surface area contributed by atoms with Gasteiger partial charge in [-0.3, -0.25) is 9.69 Å². The first-order valence-corrected chi connectivity index (χ1v) is 11.6. The third-order valence-electron chi connectivity index (χ3n) is 6.16. The quantitative estimate of drug-likeness (QED) is 0.498. The van der Waals surface area contributed by atoms with E-state index in [1.165, 1.54) is 5.56 Å². The summed E-state index contributed by atoms with van der Waals surface area (Å²) in [5.74, 6) is 2.20. The van der Waals surface area contributed by atoms with Gasteiger partial charge in [-0.2, -0.15) is 4.98 Å². The van der Waals surface area contributed by atoms with Crippen LogP contribution in [0, 0.1) is 12.8 Å². The molecule has 1 aliphatic heterocycles. The molecule has 2 aromatic carbocycles. The predicted molar refractivity (Wildman–Crippen MR) is 127 cm³/mol. The third kappa shape index (κ3) is 6.20. The van der Waals surface area contributed by atoms with Gasteiger partial charge in [-0.1, -0.05) is 41.6 Å². The largest absolute Gasteiger partial charge is 0.497 e. The van der Waals surface area contributed by atoms with Crippen molar-refractivity contribution >= 4 is 5.91 Å². The average molecular weight is 449 g/mol. The van der Waals surface area contributed by atoms with Crippen molar-refractivity contribution in [2.24, 2.45) is 5.92 Å². The molecule has 1 amide bonds. The van der Waals surface area contributed by atoms with E-state index in [0.29, 0.717) is 31.3 Å². The van der Waals surface area contributed by atoms with Gasteiger partial charge in [-0.25, -0.2) is 0 Å². The van der Waals surface area contributed by atoms with Gasteiger partial charge in [0.25, 0.3) is 0 Å². The molecule has 2 heterocycles. The molecule has 1 saturated heterocycles. The van der Waals surface area contributed by atoms with Gasteiger partial charge in [0.1, 0.15) is 5.75 Å². The number of carbonyl (C=O) groups is 1. The zero-order valence-electron chi connectivity index (χ0n) is 19.4. The number of piperidine rings is 1. The fourth-order valence-corrected chi connectivity index (χ4v) is 4.33. The Morgan fingerprint density at radius 2 is 2.12 bits per heavy atom. The number of aromatic nitrogens is 2. The summed E-state index contributed by atoms with van der Waals surface area (Å²) in [6.07, 6.45) is 3.71. The van der Waals surface area contributed by atoms with Crippen LogP contribution in [0.1, 0.15) is 36.3 Å². The number of nitrogens with zero attached hydrogens (tertiary/aromatic N) is 3. The highest BCUT2D eigenvalue weighted by Gasteiger charge is 2.26. The molecular weight excluding hydrogens is 416 g/mol. The van der Waals surface area contributed by atoms with E-state index in [-0.39, 0.29) is 11.8 Å². The molecule has 3 aromatic rings. The summed E-state index contributed by atoms with van der Waals surface area (Å²) in [6.45, 7) is 4.93. The van der Waals surface area contributed by atoms with E-state index in [9.17, 15) is 4.79 Å². The Bertz CT molecular complexity index is 1060. The molecule has 0 radical (unpaired) electrons. The molecular formula is C26H32N4O3. The second-order valence-corrected chi connectivity index (χ2v) is 8.65. The number of hydrogen-bond acceptors (Lipinski definition) is 6. The maximum atomic E-state index is 12.7. The molecule has 0 spiro atoms. The summed E-state index contributed by atoms with van der Waals surface area (Å²) in [7, 11) is 1.67. The Morgan fingerprint density at radius 1 is 1.24 bits per heavy atom. The van der Waals surface area contributed by atoms with Crippen molar-refractivity contribution in [3.8, 4) is 17.1 Å². The van der Waals surface area contributed by atoms with E-state index in [0.717, 1.165) is 49.1 Å². The SMILES string of the molecule is COc1cccc(CCCNC(=O)C2CCCN(Cc3nc(-c4ccccc4C)no3)C2)c1. The lowest BCUT2D eigenvalue weighted by Crippen LogP contribution is -2.43. The van der Waals surface area contributed by atoms with Gasteiger partial charge in [0.15, 0.2) is 0 Å². The number of aryl methyl sites for hydroxylation is 2. The number of benzene rings is 2. The van der Waals surface area contributed by atoms with E-state index >= 15 is 0 Å². The summed E-state index contributed by atoms with van der Waals surface area (Å²) in [5.41, 5.74) is 3.32. The van der Waals surface area contributed by atoms with Gasteiger partial charge in [-0.15, -0.1) is 0 Å². The zero-order valence-corrected chi connectivity index (χ0v) is 19.4. The van der Waals surface area contributed by atoms with Gasteiger partial charge in [-0.05, 0) is 62.4 Å². The highest BCUT2D eigenvalue weighted by molar-refractivity contribution is 5.78. The van der Waals surface area contributed by atoms with E-state index in [4.69, 9.17) is 9.26 Å². The number of ether oxygens (including phenoxy) is 1. The lowest BCUT2D eigenvalue weighted by molar-refractivity contribution is -0.126. The highest BCUT2D eigenvalue weighted by atomic mass is 16.5. The normalized spacial score (nSPS) is 16.5. The molecule has 1 unspecified atom stereocenters. The molecule has 1 atom stereocenters. The van der Waals surface area contributed by atoms with Crippen molar-refractivity contribution in [2.45, 2.75) is 39.2 Å². The Balaban J connectivity index is 1.23. The minimum atomic E-state index is -0.00525. The molecule has 1 fully saturated rings. The van der Waals surface area contributed by atoms with Crippen molar-refractivity contribution in [3.05, 3.63) is 65.5 Å². The first-order valence-electron chi connectivity index (χ1n) is 11.6. The van der Waals surface area contributed by atoms with Crippen LogP contribution in [-0.4, -0.2) is 47.7 Å². The van der Waals surface area contributed by atoms with Crippen molar-refractivity contribution < 1.29 is 14.1 Å². The van der Waals surface area contributed by atoms with Crippen LogP contribution in [0.4, 0.5) is 0 Å². The zero-order chi connectivity index (χ0) is 23.0. The summed E-state index contributed by atoms with van der Waals surface area (Å²) >= 11 is 0.